The van der Waals surface area contributed by atoms with Crippen LogP contribution in [0.25, 0.3) is 0 Å². The second-order valence-corrected chi connectivity index (χ2v) is 5.30. The van der Waals surface area contributed by atoms with Gasteiger partial charge in [-0.15, -0.1) is 0 Å². The molecule has 20 heavy (non-hydrogen) atoms. The van der Waals surface area contributed by atoms with Crippen molar-refractivity contribution in [2.45, 2.75) is 26.0 Å². The highest BCUT2D eigenvalue weighted by atomic mass is 16.5. The van der Waals surface area contributed by atoms with Gasteiger partial charge in [0.15, 0.2) is 0 Å². The molecule has 0 spiro atoms. The minimum atomic E-state index is -1.52. The second kappa shape index (κ2) is 7.08. The number of ether oxygens (including phenoxy) is 2. The van der Waals surface area contributed by atoms with E-state index < -0.39 is 7.12 Å². The Balaban J connectivity index is 1.92. The zero-order valence-electron chi connectivity index (χ0n) is 12.0. The second-order valence-electron chi connectivity index (χ2n) is 5.30. The molecule has 1 fully saturated rings. The van der Waals surface area contributed by atoms with Crippen LogP contribution in [0.4, 0.5) is 0 Å². The number of morpholine rings is 1. The summed E-state index contributed by atoms with van der Waals surface area (Å²) in [6.45, 7) is 7.23. The lowest BCUT2D eigenvalue weighted by molar-refractivity contribution is -0.0563. The molecule has 0 radical (unpaired) electrons. The lowest BCUT2D eigenvalue weighted by Crippen LogP contribution is -2.48. The van der Waals surface area contributed by atoms with E-state index in [1.165, 1.54) is 0 Å². The number of para-hydroxylation sites is 1. The summed E-state index contributed by atoms with van der Waals surface area (Å²) >= 11 is 0. The van der Waals surface area contributed by atoms with E-state index in [1.54, 1.807) is 18.2 Å². The van der Waals surface area contributed by atoms with Crippen LogP contribution in [-0.4, -0.2) is 60.5 Å². The van der Waals surface area contributed by atoms with Gasteiger partial charge in [0.1, 0.15) is 18.5 Å². The summed E-state index contributed by atoms with van der Waals surface area (Å²) in [4.78, 5) is 2.35. The normalized spacial score (nSPS) is 20.1. The quantitative estimate of drug-likeness (QED) is 0.734. The van der Waals surface area contributed by atoms with Crippen molar-refractivity contribution in [3.05, 3.63) is 24.3 Å². The van der Waals surface area contributed by atoms with E-state index >= 15 is 0 Å². The molecule has 0 aliphatic carbocycles. The van der Waals surface area contributed by atoms with Gasteiger partial charge in [0, 0.05) is 24.6 Å². The van der Waals surface area contributed by atoms with Crippen molar-refractivity contribution >= 4 is 12.6 Å². The van der Waals surface area contributed by atoms with Crippen LogP contribution in [0.2, 0.25) is 0 Å². The molecule has 6 heteroatoms. The van der Waals surface area contributed by atoms with E-state index in [-0.39, 0.29) is 6.10 Å². The molecule has 2 N–H and O–H groups in total. The molecule has 0 amide bonds. The van der Waals surface area contributed by atoms with Crippen LogP contribution < -0.4 is 10.2 Å². The lowest BCUT2D eigenvalue weighted by atomic mass is 9.79. The third-order valence-electron chi connectivity index (χ3n) is 3.52. The van der Waals surface area contributed by atoms with Gasteiger partial charge in [-0.25, -0.2) is 0 Å². The Morgan fingerprint density at radius 1 is 1.40 bits per heavy atom. The van der Waals surface area contributed by atoms with Crippen molar-refractivity contribution in [2.24, 2.45) is 0 Å². The summed E-state index contributed by atoms with van der Waals surface area (Å²) in [6.07, 6.45) is 0.00930. The zero-order valence-corrected chi connectivity index (χ0v) is 12.0. The summed E-state index contributed by atoms with van der Waals surface area (Å²) in [5, 5.41) is 18.6. The van der Waals surface area contributed by atoms with Gasteiger partial charge in [-0.3, -0.25) is 4.90 Å². The first kappa shape index (κ1) is 15.3. The monoisotopic (exact) mass is 279 g/mol. The fraction of sp³-hybridized carbons (Fsp3) is 0.571. The van der Waals surface area contributed by atoms with E-state index in [1.807, 2.05) is 6.07 Å². The zero-order chi connectivity index (χ0) is 14.5. The number of rotatable bonds is 5. The highest BCUT2D eigenvalue weighted by Gasteiger charge is 2.23. The van der Waals surface area contributed by atoms with Gasteiger partial charge in [0.25, 0.3) is 0 Å². The van der Waals surface area contributed by atoms with Crippen LogP contribution in [-0.2, 0) is 4.74 Å². The molecule has 1 aromatic carbocycles. The number of hydrogen-bond donors (Lipinski definition) is 2. The van der Waals surface area contributed by atoms with Gasteiger partial charge in [-0.2, -0.15) is 0 Å². The van der Waals surface area contributed by atoms with E-state index in [4.69, 9.17) is 9.47 Å². The first-order chi connectivity index (χ1) is 9.58. The van der Waals surface area contributed by atoms with Crippen molar-refractivity contribution < 1.29 is 19.5 Å². The largest absolute Gasteiger partial charge is 0.492 e. The third kappa shape index (κ3) is 3.96. The SMILES string of the molecule is CC(C)N1CCOC(COc2ccccc2B(O)O)C1. The van der Waals surface area contributed by atoms with E-state index in [9.17, 15) is 10.0 Å². The Morgan fingerprint density at radius 2 is 2.15 bits per heavy atom. The number of benzene rings is 1. The molecule has 1 aliphatic rings. The Hall–Kier alpha value is -1.08. The highest BCUT2D eigenvalue weighted by Crippen LogP contribution is 2.12. The van der Waals surface area contributed by atoms with E-state index in [0.717, 1.165) is 13.1 Å². The maximum Gasteiger partial charge on any atom is 0.492 e. The molecule has 1 saturated heterocycles. The predicted molar refractivity (Wildman–Crippen MR) is 78.2 cm³/mol. The van der Waals surface area contributed by atoms with E-state index in [0.29, 0.717) is 30.5 Å². The van der Waals surface area contributed by atoms with Crippen molar-refractivity contribution in [1.82, 2.24) is 4.90 Å². The van der Waals surface area contributed by atoms with Crippen LogP contribution in [0, 0.1) is 0 Å². The topological polar surface area (TPSA) is 62.2 Å². The van der Waals surface area contributed by atoms with Gasteiger partial charge in [-0.05, 0) is 19.9 Å². The number of hydrogen-bond acceptors (Lipinski definition) is 5. The molecular formula is C14H22BNO4. The average molecular weight is 279 g/mol. The van der Waals surface area contributed by atoms with Crippen LogP contribution in [0.5, 0.6) is 5.75 Å². The van der Waals surface area contributed by atoms with E-state index in [2.05, 4.69) is 18.7 Å². The van der Waals surface area contributed by atoms with Crippen molar-refractivity contribution in [2.75, 3.05) is 26.3 Å². The van der Waals surface area contributed by atoms with Crippen LogP contribution in [0.1, 0.15) is 13.8 Å². The molecule has 1 aliphatic heterocycles. The summed E-state index contributed by atoms with van der Waals surface area (Å²) < 4.78 is 11.4. The van der Waals surface area contributed by atoms with Gasteiger partial charge in [-0.1, -0.05) is 18.2 Å². The third-order valence-corrected chi connectivity index (χ3v) is 3.52. The average Bonchev–Trinajstić information content (AvgIpc) is 2.45. The van der Waals surface area contributed by atoms with Crippen LogP contribution >= 0.6 is 0 Å². The maximum atomic E-state index is 9.29. The highest BCUT2D eigenvalue weighted by molar-refractivity contribution is 6.59. The molecule has 5 nitrogen and oxygen atoms in total. The van der Waals surface area contributed by atoms with Gasteiger partial charge in [0.2, 0.25) is 0 Å². The van der Waals surface area contributed by atoms with Crippen molar-refractivity contribution in [1.29, 1.82) is 0 Å². The first-order valence-corrected chi connectivity index (χ1v) is 7.01. The van der Waals surface area contributed by atoms with Crippen LogP contribution in [0.15, 0.2) is 24.3 Å². The minimum Gasteiger partial charge on any atom is -0.491 e. The molecule has 0 bridgehead atoms. The summed E-state index contributed by atoms with van der Waals surface area (Å²) in [5.74, 6) is 0.493. The summed E-state index contributed by atoms with van der Waals surface area (Å²) in [6, 6.07) is 7.43. The minimum absolute atomic E-state index is 0.00930. The Bertz CT molecular complexity index is 427. The molecule has 2 rings (SSSR count). The van der Waals surface area contributed by atoms with Crippen molar-refractivity contribution in [3.8, 4) is 5.75 Å². The summed E-state index contributed by atoms with van der Waals surface area (Å²) in [5.41, 5.74) is 0.379. The molecule has 1 unspecified atom stereocenters. The predicted octanol–water partition coefficient (Wildman–Crippen LogP) is -0.146. The molecule has 1 heterocycles. The lowest BCUT2D eigenvalue weighted by Gasteiger charge is -2.35. The molecule has 0 saturated carbocycles. The molecule has 1 atom stereocenters. The maximum absolute atomic E-state index is 9.29. The van der Waals surface area contributed by atoms with Crippen molar-refractivity contribution in [3.63, 3.8) is 0 Å². The standard InChI is InChI=1S/C14H22BNO4/c1-11(2)16-7-8-19-12(9-16)10-20-14-6-4-3-5-13(14)15(17)18/h3-6,11-12,17-18H,7-10H2,1-2H3. The van der Waals surface area contributed by atoms with Gasteiger partial charge >= 0.3 is 7.12 Å². The fourth-order valence-electron chi connectivity index (χ4n) is 2.32. The van der Waals surface area contributed by atoms with Gasteiger partial charge in [0.05, 0.1) is 6.61 Å². The molecule has 1 aromatic rings. The molecular weight excluding hydrogens is 257 g/mol. The fourth-order valence-corrected chi connectivity index (χ4v) is 2.32. The Kier molecular flexibility index (Phi) is 5.42. The Morgan fingerprint density at radius 3 is 2.85 bits per heavy atom. The molecule has 0 aromatic heterocycles. The summed E-state index contributed by atoms with van der Waals surface area (Å²) in [7, 11) is -1.52. The van der Waals surface area contributed by atoms with Gasteiger partial charge < -0.3 is 19.5 Å². The Labute approximate surface area is 120 Å². The smallest absolute Gasteiger partial charge is 0.491 e. The van der Waals surface area contributed by atoms with Crippen LogP contribution in [0.3, 0.4) is 0 Å². The molecule has 110 valence electrons. The number of nitrogens with zero attached hydrogens (tertiary/aromatic N) is 1. The first-order valence-electron chi connectivity index (χ1n) is 7.01.